The second-order valence-corrected chi connectivity index (χ2v) is 5.05. The van der Waals surface area contributed by atoms with Gasteiger partial charge in [-0.1, -0.05) is 30.7 Å². The molecule has 0 radical (unpaired) electrons. The Kier molecular flexibility index (Phi) is 4.25. The Morgan fingerprint density at radius 1 is 1.42 bits per heavy atom. The van der Waals surface area contributed by atoms with Crippen LogP contribution in [0.1, 0.15) is 31.7 Å². The minimum Gasteiger partial charge on any atom is -0.496 e. The van der Waals surface area contributed by atoms with Crippen molar-refractivity contribution in [3.05, 3.63) is 42.0 Å². The van der Waals surface area contributed by atoms with Gasteiger partial charge in [0.15, 0.2) is 0 Å². The summed E-state index contributed by atoms with van der Waals surface area (Å²) in [4.78, 5) is 11.6. The van der Waals surface area contributed by atoms with E-state index in [1.807, 2.05) is 25.1 Å². The molecule has 19 heavy (non-hydrogen) atoms. The van der Waals surface area contributed by atoms with Gasteiger partial charge in [0.05, 0.1) is 7.11 Å². The van der Waals surface area contributed by atoms with Gasteiger partial charge in [-0.15, -0.1) is 0 Å². The summed E-state index contributed by atoms with van der Waals surface area (Å²) in [5.41, 5.74) is 1.26. The van der Waals surface area contributed by atoms with Crippen LogP contribution in [-0.4, -0.2) is 19.6 Å². The van der Waals surface area contributed by atoms with Crippen LogP contribution in [0, 0.1) is 0 Å². The first-order chi connectivity index (χ1) is 9.22. The maximum atomic E-state index is 11.6. The summed E-state index contributed by atoms with van der Waals surface area (Å²) in [5.74, 6) is 0.895. The lowest BCUT2D eigenvalue weighted by molar-refractivity contribution is -0.116. The quantitative estimate of drug-likeness (QED) is 0.826. The number of carbonyl (C=O) groups excluding carboxylic acids is 1. The van der Waals surface area contributed by atoms with E-state index >= 15 is 0 Å². The van der Waals surface area contributed by atoms with Gasteiger partial charge >= 0.3 is 0 Å². The van der Waals surface area contributed by atoms with Gasteiger partial charge < -0.3 is 10.1 Å². The number of benzene rings is 1. The highest BCUT2D eigenvalue weighted by Crippen LogP contribution is 2.46. The number of hydrogen-bond acceptors (Lipinski definition) is 2. The summed E-state index contributed by atoms with van der Waals surface area (Å²) in [5, 5.41) is 2.99. The van der Waals surface area contributed by atoms with Crippen LogP contribution in [0.5, 0.6) is 5.75 Å². The van der Waals surface area contributed by atoms with Gasteiger partial charge in [0, 0.05) is 17.5 Å². The standard InChI is InChI=1S/C16H21NO2/c1-3-7-15(18)17-12-16(10-6-11-16)13-8-4-5-9-14(13)19-2/h3-5,7-9H,6,10-12H2,1-2H3,(H,17,18)/b7-3+. The molecule has 1 fully saturated rings. The van der Waals surface area contributed by atoms with E-state index in [-0.39, 0.29) is 11.3 Å². The molecule has 1 saturated carbocycles. The van der Waals surface area contributed by atoms with Crippen molar-refractivity contribution in [2.24, 2.45) is 0 Å². The molecule has 1 aromatic carbocycles. The third-order valence-corrected chi connectivity index (χ3v) is 3.91. The second kappa shape index (κ2) is 5.91. The number of nitrogens with one attached hydrogen (secondary N) is 1. The minimum absolute atomic E-state index is 0.0244. The molecule has 0 spiro atoms. The van der Waals surface area contributed by atoms with E-state index in [4.69, 9.17) is 4.74 Å². The summed E-state index contributed by atoms with van der Waals surface area (Å²) in [7, 11) is 1.70. The van der Waals surface area contributed by atoms with Crippen molar-refractivity contribution in [1.29, 1.82) is 0 Å². The fourth-order valence-electron chi connectivity index (χ4n) is 2.69. The Morgan fingerprint density at radius 2 is 2.16 bits per heavy atom. The fraction of sp³-hybridized carbons (Fsp3) is 0.438. The van der Waals surface area contributed by atoms with Gasteiger partial charge in [-0.05, 0) is 31.9 Å². The van der Waals surface area contributed by atoms with E-state index in [9.17, 15) is 4.79 Å². The van der Waals surface area contributed by atoms with E-state index in [0.29, 0.717) is 6.54 Å². The average molecular weight is 259 g/mol. The van der Waals surface area contributed by atoms with Crippen molar-refractivity contribution in [3.8, 4) is 5.75 Å². The monoisotopic (exact) mass is 259 g/mol. The number of carbonyl (C=O) groups is 1. The Labute approximate surface area is 114 Å². The molecular weight excluding hydrogens is 238 g/mol. The molecule has 3 nitrogen and oxygen atoms in total. The van der Waals surface area contributed by atoms with E-state index in [1.54, 1.807) is 19.3 Å². The topological polar surface area (TPSA) is 38.3 Å². The van der Waals surface area contributed by atoms with Crippen LogP contribution in [0.25, 0.3) is 0 Å². The Morgan fingerprint density at radius 3 is 2.74 bits per heavy atom. The van der Waals surface area contributed by atoms with Crippen molar-refractivity contribution >= 4 is 5.91 Å². The molecular formula is C16H21NO2. The highest BCUT2D eigenvalue weighted by molar-refractivity contribution is 5.87. The maximum absolute atomic E-state index is 11.6. The first kappa shape index (κ1) is 13.7. The normalized spacial score (nSPS) is 16.9. The van der Waals surface area contributed by atoms with Gasteiger partial charge in [0.2, 0.25) is 5.91 Å². The summed E-state index contributed by atoms with van der Waals surface area (Å²) in [6, 6.07) is 8.11. The first-order valence-corrected chi connectivity index (χ1v) is 6.76. The van der Waals surface area contributed by atoms with Crippen LogP contribution in [0.4, 0.5) is 0 Å². The predicted octanol–water partition coefficient (Wildman–Crippen LogP) is 2.81. The fourth-order valence-corrected chi connectivity index (χ4v) is 2.69. The molecule has 2 rings (SSSR count). The van der Waals surface area contributed by atoms with Crippen LogP contribution in [0.2, 0.25) is 0 Å². The van der Waals surface area contributed by atoms with Gasteiger partial charge in [-0.2, -0.15) is 0 Å². The molecule has 0 saturated heterocycles. The van der Waals surface area contributed by atoms with E-state index < -0.39 is 0 Å². The number of allylic oxidation sites excluding steroid dienone is 1. The lowest BCUT2D eigenvalue weighted by Crippen LogP contribution is -2.45. The van der Waals surface area contributed by atoms with Crippen molar-refractivity contribution in [2.75, 3.05) is 13.7 Å². The van der Waals surface area contributed by atoms with E-state index in [0.717, 1.165) is 18.6 Å². The van der Waals surface area contributed by atoms with Crippen LogP contribution < -0.4 is 10.1 Å². The van der Waals surface area contributed by atoms with Gasteiger partial charge in [0.1, 0.15) is 5.75 Å². The van der Waals surface area contributed by atoms with Crippen molar-refractivity contribution in [3.63, 3.8) is 0 Å². The zero-order valence-corrected chi connectivity index (χ0v) is 11.6. The molecule has 0 atom stereocenters. The molecule has 0 unspecified atom stereocenters. The third-order valence-electron chi connectivity index (χ3n) is 3.91. The molecule has 1 amide bonds. The molecule has 0 aliphatic heterocycles. The number of para-hydroxylation sites is 1. The lowest BCUT2D eigenvalue weighted by Gasteiger charge is -2.43. The van der Waals surface area contributed by atoms with Crippen LogP contribution in [-0.2, 0) is 10.2 Å². The van der Waals surface area contributed by atoms with E-state index in [2.05, 4.69) is 11.4 Å². The van der Waals surface area contributed by atoms with Gasteiger partial charge in [-0.3, -0.25) is 4.79 Å². The zero-order chi connectivity index (χ0) is 13.7. The van der Waals surface area contributed by atoms with E-state index in [1.165, 1.54) is 12.0 Å². The molecule has 102 valence electrons. The minimum atomic E-state index is -0.0244. The molecule has 1 aliphatic carbocycles. The number of rotatable bonds is 5. The highest BCUT2D eigenvalue weighted by atomic mass is 16.5. The van der Waals surface area contributed by atoms with Gasteiger partial charge in [0.25, 0.3) is 0 Å². The summed E-state index contributed by atoms with van der Waals surface area (Å²) < 4.78 is 5.45. The number of amides is 1. The molecule has 0 aromatic heterocycles. The third kappa shape index (κ3) is 2.80. The Balaban J connectivity index is 2.16. The summed E-state index contributed by atoms with van der Waals surface area (Å²) >= 11 is 0. The largest absolute Gasteiger partial charge is 0.496 e. The number of methoxy groups -OCH3 is 1. The van der Waals surface area contributed by atoms with Crippen molar-refractivity contribution in [1.82, 2.24) is 5.32 Å². The second-order valence-electron chi connectivity index (χ2n) is 5.05. The SMILES string of the molecule is C/C=C/C(=O)NCC1(c2ccccc2OC)CCC1. The number of hydrogen-bond donors (Lipinski definition) is 1. The molecule has 1 N–H and O–H groups in total. The highest BCUT2D eigenvalue weighted by Gasteiger charge is 2.40. The molecule has 0 heterocycles. The average Bonchev–Trinajstić information content (AvgIpc) is 2.38. The lowest BCUT2D eigenvalue weighted by atomic mass is 9.64. The van der Waals surface area contributed by atoms with Crippen molar-refractivity contribution < 1.29 is 9.53 Å². The molecule has 3 heteroatoms. The Hall–Kier alpha value is -1.77. The summed E-state index contributed by atoms with van der Waals surface area (Å²) in [6.07, 6.45) is 6.73. The van der Waals surface area contributed by atoms with Crippen LogP contribution >= 0.6 is 0 Å². The van der Waals surface area contributed by atoms with Gasteiger partial charge in [-0.25, -0.2) is 0 Å². The molecule has 1 aliphatic rings. The first-order valence-electron chi connectivity index (χ1n) is 6.76. The summed E-state index contributed by atoms with van der Waals surface area (Å²) in [6.45, 7) is 2.52. The molecule has 0 bridgehead atoms. The zero-order valence-electron chi connectivity index (χ0n) is 11.6. The van der Waals surface area contributed by atoms with Crippen LogP contribution in [0.15, 0.2) is 36.4 Å². The molecule has 1 aromatic rings. The number of ether oxygens (including phenoxy) is 1. The van der Waals surface area contributed by atoms with Crippen molar-refractivity contribution in [2.45, 2.75) is 31.6 Å². The Bertz CT molecular complexity index is 475. The smallest absolute Gasteiger partial charge is 0.243 e. The predicted molar refractivity (Wildman–Crippen MR) is 76.3 cm³/mol. The maximum Gasteiger partial charge on any atom is 0.243 e. The van der Waals surface area contributed by atoms with Crippen LogP contribution in [0.3, 0.4) is 0 Å².